The Hall–Kier alpha value is -1.27. The number of hydrogen-bond donors (Lipinski definition) is 1. The van der Waals surface area contributed by atoms with Gasteiger partial charge in [-0.2, -0.15) is 0 Å². The molecule has 0 saturated carbocycles. The molecule has 1 unspecified atom stereocenters. The Morgan fingerprint density at radius 2 is 1.96 bits per heavy atom. The number of piperazine rings is 1. The van der Waals surface area contributed by atoms with E-state index in [9.17, 15) is 9.90 Å². The SMILES string of the molecule is CC(=O)c1cccc(CN2CCN(C3CCN(C)CC3)C(CCO)C2)c1. The molecule has 0 aromatic heterocycles. The maximum atomic E-state index is 11.6. The second kappa shape index (κ2) is 9.09. The standard InChI is InChI=1S/C21H33N3O2/c1-17(26)19-5-3-4-18(14-19)15-23-11-12-24(21(16-23)8-13-25)20-6-9-22(2)10-7-20/h3-5,14,20-21,25H,6-13,15-16H2,1-2H3. The number of hydrogen-bond acceptors (Lipinski definition) is 5. The van der Waals surface area contributed by atoms with E-state index in [1.807, 2.05) is 18.2 Å². The average molecular weight is 360 g/mol. The molecule has 0 aliphatic carbocycles. The molecule has 5 nitrogen and oxygen atoms in total. The van der Waals surface area contributed by atoms with Crippen LogP contribution < -0.4 is 0 Å². The molecule has 1 aromatic rings. The van der Waals surface area contributed by atoms with Crippen molar-refractivity contribution in [3.8, 4) is 0 Å². The highest BCUT2D eigenvalue weighted by molar-refractivity contribution is 5.94. The molecular formula is C21H33N3O2. The molecule has 1 atom stereocenters. The van der Waals surface area contributed by atoms with Crippen LogP contribution in [-0.4, -0.2) is 84.1 Å². The van der Waals surface area contributed by atoms with Crippen molar-refractivity contribution >= 4 is 5.78 Å². The van der Waals surface area contributed by atoms with Gasteiger partial charge in [-0.05, 0) is 58.0 Å². The average Bonchev–Trinajstić information content (AvgIpc) is 2.63. The summed E-state index contributed by atoms with van der Waals surface area (Å²) < 4.78 is 0. The molecule has 2 saturated heterocycles. The van der Waals surface area contributed by atoms with Gasteiger partial charge in [0.15, 0.2) is 5.78 Å². The quantitative estimate of drug-likeness (QED) is 0.786. The van der Waals surface area contributed by atoms with Crippen LogP contribution >= 0.6 is 0 Å². The van der Waals surface area contributed by atoms with Crippen LogP contribution in [0, 0.1) is 0 Å². The predicted molar refractivity (Wildman–Crippen MR) is 104 cm³/mol. The molecule has 2 heterocycles. The summed E-state index contributed by atoms with van der Waals surface area (Å²) in [5, 5.41) is 9.56. The first-order valence-corrected chi connectivity index (χ1v) is 9.94. The molecule has 1 N–H and O–H groups in total. The third kappa shape index (κ3) is 4.92. The second-order valence-electron chi connectivity index (χ2n) is 7.93. The van der Waals surface area contributed by atoms with Crippen LogP contribution in [0.5, 0.6) is 0 Å². The highest BCUT2D eigenvalue weighted by atomic mass is 16.3. The van der Waals surface area contributed by atoms with E-state index >= 15 is 0 Å². The monoisotopic (exact) mass is 359 g/mol. The van der Waals surface area contributed by atoms with Crippen LogP contribution in [0.3, 0.4) is 0 Å². The Morgan fingerprint density at radius 1 is 1.19 bits per heavy atom. The number of carbonyl (C=O) groups excluding carboxylic acids is 1. The molecule has 0 radical (unpaired) electrons. The summed E-state index contributed by atoms with van der Waals surface area (Å²) in [7, 11) is 2.20. The predicted octanol–water partition coefficient (Wildman–Crippen LogP) is 1.85. The second-order valence-corrected chi connectivity index (χ2v) is 7.93. The molecule has 1 aromatic carbocycles. The zero-order valence-electron chi connectivity index (χ0n) is 16.2. The van der Waals surface area contributed by atoms with E-state index in [1.54, 1.807) is 6.92 Å². The van der Waals surface area contributed by atoms with E-state index in [1.165, 1.54) is 31.5 Å². The van der Waals surface area contributed by atoms with Gasteiger partial charge in [0.1, 0.15) is 0 Å². The Bertz CT molecular complexity index is 599. The molecule has 2 aliphatic rings. The number of nitrogens with zero attached hydrogens (tertiary/aromatic N) is 3. The van der Waals surface area contributed by atoms with Crippen molar-refractivity contribution in [1.82, 2.24) is 14.7 Å². The smallest absolute Gasteiger partial charge is 0.159 e. The lowest BCUT2D eigenvalue weighted by Gasteiger charge is -2.47. The van der Waals surface area contributed by atoms with Crippen molar-refractivity contribution in [2.24, 2.45) is 0 Å². The van der Waals surface area contributed by atoms with E-state index in [-0.39, 0.29) is 12.4 Å². The molecule has 2 aliphatic heterocycles. The molecule has 0 amide bonds. The van der Waals surface area contributed by atoms with Crippen molar-refractivity contribution < 1.29 is 9.90 Å². The van der Waals surface area contributed by atoms with Crippen LogP contribution in [0.2, 0.25) is 0 Å². The van der Waals surface area contributed by atoms with Gasteiger partial charge < -0.3 is 10.0 Å². The minimum atomic E-state index is 0.122. The first-order chi connectivity index (χ1) is 12.6. The fraction of sp³-hybridized carbons (Fsp3) is 0.667. The molecule has 26 heavy (non-hydrogen) atoms. The van der Waals surface area contributed by atoms with Crippen molar-refractivity contribution in [2.75, 3.05) is 46.4 Å². The van der Waals surface area contributed by atoms with Gasteiger partial charge in [-0.25, -0.2) is 0 Å². The van der Waals surface area contributed by atoms with Crippen LogP contribution in [-0.2, 0) is 6.54 Å². The Balaban J connectivity index is 1.62. The van der Waals surface area contributed by atoms with E-state index in [0.29, 0.717) is 12.1 Å². The number of likely N-dealkylation sites (tertiary alicyclic amines) is 1. The third-order valence-electron chi connectivity index (χ3n) is 5.97. The summed E-state index contributed by atoms with van der Waals surface area (Å²) in [4.78, 5) is 19.2. The summed E-state index contributed by atoms with van der Waals surface area (Å²) >= 11 is 0. The molecule has 2 fully saturated rings. The van der Waals surface area contributed by atoms with Gasteiger partial charge in [-0.15, -0.1) is 0 Å². The van der Waals surface area contributed by atoms with Gasteiger partial charge >= 0.3 is 0 Å². The largest absolute Gasteiger partial charge is 0.396 e. The van der Waals surface area contributed by atoms with Crippen LogP contribution in [0.4, 0.5) is 0 Å². The van der Waals surface area contributed by atoms with Gasteiger partial charge in [0.2, 0.25) is 0 Å². The lowest BCUT2D eigenvalue weighted by atomic mass is 9.98. The van der Waals surface area contributed by atoms with Gasteiger partial charge in [0.05, 0.1) is 0 Å². The van der Waals surface area contributed by atoms with Crippen molar-refractivity contribution in [2.45, 2.75) is 44.8 Å². The molecule has 0 bridgehead atoms. The number of ketones is 1. The van der Waals surface area contributed by atoms with E-state index in [4.69, 9.17) is 0 Å². The van der Waals surface area contributed by atoms with Crippen molar-refractivity contribution in [3.63, 3.8) is 0 Å². The molecule has 144 valence electrons. The minimum Gasteiger partial charge on any atom is -0.396 e. The fourth-order valence-corrected chi connectivity index (χ4v) is 4.44. The number of carbonyl (C=O) groups is 1. The Morgan fingerprint density at radius 3 is 2.65 bits per heavy atom. The van der Waals surface area contributed by atoms with Crippen molar-refractivity contribution in [3.05, 3.63) is 35.4 Å². The highest BCUT2D eigenvalue weighted by Crippen LogP contribution is 2.24. The van der Waals surface area contributed by atoms with Crippen LogP contribution in [0.25, 0.3) is 0 Å². The number of aliphatic hydroxyl groups is 1. The topological polar surface area (TPSA) is 47.0 Å². The lowest BCUT2D eigenvalue weighted by molar-refractivity contribution is 0.00599. The highest BCUT2D eigenvalue weighted by Gasteiger charge is 2.32. The third-order valence-corrected chi connectivity index (χ3v) is 5.97. The summed E-state index contributed by atoms with van der Waals surface area (Å²) in [6.07, 6.45) is 3.31. The number of aliphatic hydroxyl groups excluding tert-OH is 1. The Labute approximate surface area is 157 Å². The first kappa shape index (κ1) is 19.5. The summed E-state index contributed by atoms with van der Waals surface area (Å²) in [5.74, 6) is 0.122. The summed E-state index contributed by atoms with van der Waals surface area (Å²) in [6, 6.07) is 9.08. The van der Waals surface area contributed by atoms with E-state index in [0.717, 1.165) is 38.2 Å². The number of Topliss-reactive ketones (excluding diaryl/α,β-unsaturated/α-hetero) is 1. The fourth-order valence-electron chi connectivity index (χ4n) is 4.44. The number of rotatable bonds is 6. The summed E-state index contributed by atoms with van der Waals surface area (Å²) in [6.45, 7) is 8.23. The van der Waals surface area contributed by atoms with Gasteiger partial charge in [0, 0.05) is 50.4 Å². The van der Waals surface area contributed by atoms with Crippen LogP contribution in [0.15, 0.2) is 24.3 Å². The van der Waals surface area contributed by atoms with Crippen molar-refractivity contribution in [1.29, 1.82) is 0 Å². The summed E-state index contributed by atoms with van der Waals surface area (Å²) in [5.41, 5.74) is 1.99. The zero-order chi connectivity index (χ0) is 18.5. The van der Waals surface area contributed by atoms with Gasteiger partial charge in [0.25, 0.3) is 0 Å². The maximum absolute atomic E-state index is 11.6. The maximum Gasteiger partial charge on any atom is 0.159 e. The minimum absolute atomic E-state index is 0.122. The first-order valence-electron chi connectivity index (χ1n) is 9.94. The van der Waals surface area contributed by atoms with Gasteiger partial charge in [-0.1, -0.05) is 18.2 Å². The normalized spacial score (nSPS) is 24.0. The molecular weight excluding hydrogens is 326 g/mol. The van der Waals surface area contributed by atoms with E-state index in [2.05, 4.69) is 27.8 Å². The van der Waals surface area contributed by atoms with Gasteiger partial charge in [-0.3, -0.25) is 14.6 Å². The number of benzene rings is 1. The molecule has 5 heteroatoms. The Kier molecular flexibility index (Phi) is 6.81. The lowest BCUT2D eigenvalue weighted by Crippen LogP contribution is -2.58. The zero-order valence-corrected chi connectivity index (χ0v) is 16.2. The van der Waals surface area contributed by atoms with E-state index < -0.39 is 0 Å². The molecule has 3 rings (SSSR count). The number of piperidine rings is 1. The van der Waals surface area contributed by atoms with Crippen LogP contribution in [0.1, 0.15) is 42.1 Å². The molecule has 0 spiro atoms.